The molecule has 2 rings (SSSR count). The van der Waals surface area contributed by atoms with Gasteiger partial charge in [0, 0.05) is 5.56 Å². The lowest BCUT2D eigenvalue weighted by molar-refractivity contribution is -0.244. The molecule has 1 aliphatic heterocycles. The molecule has 1 fully saturated rings. The largest absolute Gasteiger partial charge is 0.496 e. The number of hydrogen-bond acceptors (Lipinski definition) is 3. The fourth-order valence-corrected chi connectivity index (χ4v) is 2.42. The maximum absolute atomic E-state index is 5.99. The molecule has 3 atom stereocenters. The Hall–Kier alpha value is -1.06. The summed E-state index contributed by atoms with van der Waals surface area (Å²) in [5, 5.41) is 0. The first-order valence-electron chi connectivity index (χ1n) is 6.60. The molecular weight excluding hydrogens is 228 g/mol. The van der Waals surface area contributed by atoms with E-state index in [4.69, 9.17) is 14.2 Å². The Bertz CT molecular complexity index is 403. The lowest BCUT2D eigenvalue weighted by Gasteiger charge is -2.34. The minimum absolute atomic E-state index is 0.235. The molecule has 1 aromatic rings. The molecular formula is C15H22O3. The van der Waals surface area contributed by atoms with Crippen LogP contribution in [-0.4, -0.2) is 19.3 Å². The van der Waals surface area contributed by atoms with Crippen LogP contribution < -0.4 is 4.74 Å². The quantitative estimate of drug-likeness (QED) is 0.820. The van der Waals surface area contributed by atoms with E-state index in [9.17, 15) is 0 Å². The Balaban J connectivity index is 2.25. The van der Waals surface area contributed by atoms with Gasteiger partial charge in [0.2, 0.25) is 0 Å². The summed E-state index contributed by atoms with van der Waals surface area (Å²) in [7, 11) is 1.69. The fraction of sp³-hybridized carbons (Fsp3) is 0.600. The van der Waals surface area contributed by atoms with Gasteiger partial charge >= 0.3 is 0 Å². The van der Waals surface area contributed by atoms with Crippen molar-refractivity contribution in [1.82, 2.24) is 0 Å². The highest BCUT2D eigenvalue weighted by Crippen LogP contribution is 2.34. The van der Waals surface area contributed by atoms with E-state index in [1.807, 2.05) is 25.1 Å². The van der Waals surface area contributed by atoms with E-state index in [0.717, 1.165) is 29.7 Å². The summed E-state index contributed by atoms with van der Waals surface area (Å²) in [6, 6.07) is 5.99. The second kappa shape index (κ2) is 5.72. The number of methoxy groups -OCH3 is 1. The van der Waals surface area contributed by atoms with Gasteiger partial charge in [0.25, 0.3) is 0 Å². The van der Waals surface area contributed by atoms with Crippen molar-refractivity contribution in [2.75, 3.05) is 7.11 Å². The van der Waals surface area contributed by atoms with Crippen molar-refractivity contribution in [2.45, 2.75) is 52.1 Å². The maximum atomic E-state index is 5.99. The summed E-state index contributed by atoms with van der Waals surface area (Å²) in [5.41, 5.74) is 2.16. The van der Waals surface area contributed by atoms with Crippen LogP contribution in [-0.2, 0) is 9.47 Å². The second-order valence-electron chi connectivity index (χ2n) is 4.86. The summed E-state index contributed by atoms with van der Waals surface area (Å²) in [6.45, 7) is 6.30. The second-order valence-corrected chi connectivity index (χ2v) is 4.86. The Morgan fingerprint density at radius 3 is 2.78 bits per heavy atom. The Labute approximate surface area is 109 Å². The van der Waals surface area contributed by atoms with Crippen molar-refractivity contribution in [3.8, 4) is 5.75 Å². The molecule has 3 unspecified atom stereocenters. The predicted octanol–water partition coefficient (Wildman–Crippen LogP) is 3.61. The zero-order valence-electron chi connectivity index (χ0n) is 11.6. The maximum Gasteiger partial charge on any atom is 0.184 e. The molecule has 1 heterocycles. The van der Waals surface area contributed by atoms with Crippen LogP contribution in [0.1, 0.15) is 44.1 Å². The molecule has 3 nitrogen and oxygen atoms in total. The summed E-state index contributed by atoms with van der Waals surface area (Å²) in [4.78, 5) is 0. The highest BCUT2D eigenvalue weighted by atomic mass is 16.7. The Morgan fingerprint density at radius 1 is 1.33 bits per heavy atom. The molecule has 0 bridgehead atoms. The molecule has 0 amide bonds. The SMILES string of the molecule is CCC1CC(C)OC(c2cccc(OC)c2C)O1. The summed E-state index contributed by atoms with van der Waals surface area (Å²) in [6.07, 6.45) is 2.24. The van der Waals surface area contributed by atoms with E-state index in [1.54, 1.807) is 7.11 Å². The van der Waals surface area contributed by atoms with Crippen LogP contribution in [0, 0.1) is 6.92 Å². The van der Waals surface area contributed by atoms with E-state index >= 15 is 0 Å². The zero-order valence-corrected chi connectivity index (χ0v) is 11.6. The third-order valence-corrected chi connectivity index (χ3v) is 3.52. The van der Waals surface area contributed by atoms with E-state index in [-0.39, 0.29) is 18.5 Å². The molecule has 3 heteroatoms. The van der Waals surface area contributed by atoms with Gasteiger partial charge in [0.15, 0.2) is 6.29 Å². The number of benzene rings is 1. The van der Waals surface area contributed by atoms with E-state index in [0.29, 0.717) is 0 Å². The van der Waals surface area contributed by atoms with Crippen molar-refractivity contribution in [3.63, 3.8) is 0 Å². The third-order valence-electron chi connectivity index (χ3n) is 3.52. The minimum Gasteiger partial charge on any atom is -0.496 e. The number of hydrogen-bond donors (Lipinski definition) is 0. The van der Waals surface area contributed by atoms with Crippen LogP contribution in [0.5, 0.6) is 5.75 Å². The molecule has 0 aromatic heterocycles. The first-order chi connectivity index (χ1) is 8.65. The molecule has 100 valence electrons. The van der Waals surface area contributed by atoms with Crippen LogP contribution >= 0.6 is 0 Å². The lowest BCUT2D eigenvalue weighted by atomic mass is 10.0. The summed E-state index contributed by atoms with van der Waals surface area (Å²) < 4.78 is 17.2. The molecule has 1 aromatic carbocycles. The topological polar surface area (TPSA) is 27.7 Å². The highest BCUT2D eigenvalue weighted by Gasteiger charge is 2.29. The fourth-order valence-electron chi connectivity index (χ4n) is 2.42. The molecule has 0 N–H and O–H groups in total. The van der Waals surface area contributed by atoms with Gasteiger partial charge in [-0.3, -0.25) is 0 Å². The van der Waals surface area contributed by atoms with Gasteiger partial charge in [-0.15, -0.1) is 0 Å². The third kappa shape index (κ3) is 2.68. The van der Waals surface area contributed by atoms with Gasteiger partial charge in [0.05, 0.1) is 19.3 Å². The average molecular weight is 250 g/mol. The van der Waals surface area contributed by atoms with Crippen LogP contribution in [0.15, 0.2) is 18.2 Å². The smallest absolute Gasteiger partial charge is 0.184 e. The van der Waals surface area contributed by atoms with Gasteiger partial charge in [-0.2, -0.15) is 0 Å². The van der Waals surface area contributed by atoms with Crippen LogP contribution in [0.2, 0.25) is 0 Å². The predicted molar refractivity (Wildman–Crippen MR) is 70.8 cm³/mol. The highest BCUT2D eigenvalue weighted by molar-refractivity contribution is 5.39. The first kappa shape index (κ1) is 13.4. The van der Waals surface area contributed by atoms with Crippen molar-refractivity contribution in [1.29, 1.82) is 0 Å². The summed E-state index contributed by atoms with van der Waals surface area (Å²) >= 11 is 0. The van der Waals surface area contributed by atoms with E-state index < -0.39 is 0 Å². The van der Waals surface area contributed by atoms with Crippen LogP contribution in [0.25, 0.3) is 0 Å². The summed E-state index contributed by atoms with van der Waals surface area (Å²) in [5.74, 6) is 0.881. The van der Waals surface area contributed by atoms with Gasteiger partial charge < -0.3 is 14.2 Å². The average Bonchev–Trinajstić information content (AvgIpc) is 2.38. The molecule has 0 aliphatic carbocycles. The van der Waals surface area contributed by atoms with Crippen molar-refractivity contribution >= 4 is 0 Å². The molecule has 0 saturated carbocycles. The van der Waals surface area contributed by atoms with Crippen LogP contribution in [0.4, 0.5) is 0 Å². The first-order valence-corrected chi connectivity index (χ1v) is 6.60. The van der Waals surface area contributed by atoms with Gasteiger partial charge in [-0.05, 0) is 38.3 Å². The number of ether oxygens (including phenoxy) is 3. The normalized spacial score (nSPS) is 28.1. The Morgan fingerprint density at radius 2 is 2.11 bits per heavy atom. The van der Waals surface area contributed by atoms with Crippen molar-refractivity contribution in [2.24, 2.45) is 0 Å². The standard InChI is InChI=1S/C15H22O3/c1-5-12-9-10(2)17-15(18-12)13-7-6-8-14(16-4)11(13)3/h6-8,10,12,15H,5,9H2,1-4H3. The monoisotopic (exact) mass is 250 g/mol. The minimum atomic E-state index is -0.270. The van der Waals surface area contributed by atoms with E-state index in [1.165, 1.54) is 0 Å². The molecule has 1 saturated heterocycles. The van der Waals surface area contributed by atoms with Gasteiger partial charge in [-0.25, -0.2) is 0 Å². The molecule has 1 aliphatic rings. The molecule has 0 spiro atoms. The lowest BCUT2D eigenvalue weighted by Crippen LogP contribution is -2.32. The van der Waals surface area contributed by atoms with Crippen LogP contribution in [0.3, 0.4) is 0 Å². The Kier molecular flexibility index (Phi) is 4.25. The van der Waals surface area contributed by atoms with Gasteiger partial charge in [-0.1, -0.05) is 19.1 Å². The van der Waals surface area contributed by atoms with Gasteiger partial charge in [0.1, 0.15) is 5.75 Å². The zero-order chi connectivity index (χ0) is 13.1. The number of rotatable bonds is 3. The van der Waals surface area contributed by atoms with Crippen molar-refractivity contribution < 1.29 is 14.2 Å². The molecule has 0 radical (unpaired) electrons. The van der Waals surface area contributed by atoms with Crippen molar-refractivity contribution in [3.05, 3.63) is 29.3 Å². The van der Waals surface area contributed by atoms with E-state index in [2.05, 4.69) is 13.8 Å². The molecule has 18 heavy (non-hydrogen) atoms.